The molecular weight excluding hydrogens is 312 g/mol. The molecule has 2 fully saturated rings. The molecule has 23 heavy (non-hydrogen) atoms. The molecule has 122 valence electrons. The molecule has 1 aromatic rings. The summed E-state index contributed by atoms with van der Waals surface area (Å²) in [5.74, 6) is -1.14. The molecule has 1 atom stereocenters. The van der Waals surface area contributed by atoms with Gasteiger partial charge in [-0.1, -0.05) is 36.7 Å². The van der Waals surface area contributed by atoms with Gasteiger partial charge in [-0.15, -0.1) is 0 Å². The lowest BCUT2D eigenvalue weighted by atomic mass is 10.2. The molecule has 1 aliphatic carbocycles. The van der Waals surface area contributed by atoms with E-state index < -0.39 is 11.2 Å². The molecule has 0 aromatic heterocycles. The largest absolute Gasteiger partial charge is 0.481 e. The predicted octanol–water partition coefficient (Wildman–Crippen LogP) is 3.22. The number of thioether (sulfide) groups is 1. The molecule has 5 nitrogen and oxygen atoms in total. The third kappa shape index (κ3) is 3.58. The van der Waals surface area contributed by atoms with Crippen molar-refractivity contribution in [2.24, 2.45) is 4.99 Å². The number of hydrogen-bond acceptors (Lipinski definition) is 4. The fraction of sp³-hybridized carbons (Fsp3) is 0.471. The minimum atomic E-state index is -0.956. The molecule has 3 rings (SSSR count). The minimum absolute atomic E-state index is 0.171. The van der Waals surface area contributed by atoms with E-state index in [1.807, 2.05) is 31.2 Å². The lowest BCUT2D eigenvalue weighted by molar-refractivity contribution is -0.138. The number of aliphatic carboxylic acids is 1. The SMILES string of the molecule is Cc1cccc(N2C(=O)C(CC(=O)O)SC2=NC2CCCC2)c1. The van der Waals surface area contributed by atoms with Crippen LogP contribution in [0.5, 0.6) is 0 Å². The zero-order chi connectivity index (χ0) is 16.4. The van der Waals surface area contributed by atoms with Gasteiger partial charge in [0.2, 0.25) is 5.91 Å². The van der Waals surface area contributed by atoms with Crippen LogP contribution in [0.2, 0.25) is 0 Å². The number of amides is 1. The van der Waals surface area contributed by atoms with Gasteiger partial charge in [-0.05, 0) is 37.5 Å². The Morgan fingerprint density at radius 3 is 2.78 bits per heavy atom. The Balaban J connectivity index is 1.93. The van der Waals surface area contributed by atoms with Crippen molar-refractivity contribution < 1.29 is 14.7 Å². The van der Waals surface area contributed by atoms with Gasteiger partial charge >= 0.3 is 5.97 Å². The van der Waals surface area contributed by atoms with Crippen LogP contribution in [0.1, 0.15) is 37.7 Å². The number of carbonyl (C=O) groups excluding carboxylic acids is 1. The van der Waals surface area contributed by atoms with E-state index in [2.05, 4.69) is 0 Å². The number of carboxylic acid groups (broad SMARTS) is 1. The van der Waals surface area contributed by atoms with Gasteiger partial charge in [0.1, 0.15) is 5.25 Å². The van der Waals surface area contributed by atoms with Crippen molar-refractivity contribution in [3.05, 3.63) is 29.8 Å². The Hall–Kier alpha value is -1.82. The van der Waals surface area contributed by atoms with Crippen LogP contribution >= 0.6 is 11.8 Å². The highest BCUT2D eigenvalue weighted by atomic mass is 32.2. The van der Waals surface area contributed by atoms with Crippen LogP contribution in [0.15, 0.2) is 29.3 Å². The van der Waals surface area contributed by atoms with Gasteiger partial charge in [0.15, 0.2) is 5.17 Å². The Labute approximate surface area is 139 Å². The van der Waals surface area contributed by atoms with Gasteiger partial charge in [-0.25, -0.2) is 0 Å². The van der Waals surface area contributed by atoms with Gasteiger partial charge in [0, 0.05) is 0 Å². The molecule has 1 N–H and O–H groups in total. The highest BCUT2D eigenvalue weighted by Crippen LogP contribution is 2.35. The van der Waals surface area contributed by atoms with Crippen LogP contribution in [-0.4, -0.2) is 33.4 Å². The van der Waals surface area contributed by atoms with E-state index in [4.69, 9.17) is 10.1 Å². The van der Waals surface area contributed by atoms with E-state index in [9.17, 15) is 9.59 Å². The van der Waals surface area contributed by atoms with Crippen LogP contribution in [-0.2, 0) is 9.59 Å². The first kappa shape index (κ1) is 16.1. The standard InChI is InChI=1S/C17H20N2O3S/c1-11-5-4-8-13(9-11)19-16(22)14(10-15(20)21)23-17(19)18-12-6-2-3-7-12/h4-5,8-9,12,14H,2-3,6-7,10H2,1H3,(H,20,21). The number of aliphatic imine (C=N–C) groups is 1. The molecule has 1 aromatic carbocycles. The lowest BCUT2D eigenvalue weighted by Gasteiger charge is -2.18. The van der Waals surface area contributed by atoms with Gasteiger partial charge in [-0.3, -0.25) is 19.5 Å². The molecule has 1 unspecified atom stereocenters. The second-order valence-corrected chi connectivity index (χ2v) is 7.24. The smallest absolute Gasteiger partial charge is 0.305 e. The summed E-state index contributed by atoms with van der Waals surface area (Å²) in [6.07, 6.45) is 4.26. The number of hydrogen-bond donors (Lipinski definition) is 1. The van der Waals surface area contributed by atoms with E-state index >= 15 is 0 Å². The molecule has 2 aliphatic rings. The monoisotopic (exact) mass is 332 g/mol. The van der Waals surface area contributed by atoms with Crippen molar-refractivity contribution >= 4 is 34.5 Å². The van der Waals surface area contributed by atoms with Crippen LogP contribution in [0.4, 0.5) is 5.69 Å². The predicted molar refractivity (Wildman–Crippen MR) is 92.0 cm³/mol. The molecule has 6 heteroatoms. The maximum Gasteiger partial charge on any atom is 0.305 e. The number of carboxylic acids is 1. The molecule has 0 radical (unpaired) electrons. The zero-order valence-corrected chi connectivity index (χ0v) is 13.9. The van der Waals surface area contributed by atoms with E-state index in [1.165, 1.54) is 24.6 Å². The van der Waals surface area contributed by atoms with Gasteiger partial charge in [0.05, 0.1) is 18.2 Å². The Kier molecular flexibility index (Phi) is 4.71. The number of nitrogens with zero attached hydrogens (tertiary/aromatic N) is 2. The van der Waals surface area contributed by atoms with Crippen molar-refractivity contribution in [3.8, 4) is 0 Å². The molecule has 1 heterocycles. The normalized spacial score (nSPS) is 23.9. The third-order valence-electron chi connectivity index (χ3n) is 4.17. The second-order valence-electron chi connectivity index (χ2n) is 6.07. The van der Waals surface area contributed by atoms with Crippen molar-refractivity contribution in [3.63, 3.8) is 0 Å². The van der Waals surface area contributed by atoms with Gasteiger partial charge in [0.25, 0.3) is 0 Å². The van der Waals surface area contributed by atoms with Crippen molar-refractivity contribution in [2.75, 3.05) is 4.90 Å². The van der Waals surface area contributed by atoms with E-state index in [0.29, 0.717) is 5.17 Å². The first-order valence-electron chi connectivity index (χ1n) is 7.91. The summed E-state index contributed by atoms with van der Waals surface area (Å²) in [7, 11) is 0. The molecule has 0 spiro atoms. The molecule has 0 bridgehead atoms. The van der Waals surface area contributed by atoms with Gasteiger partial charge in [-0.2, -0.15) is 0 Å². The quantitative estimate of drug-likeness (QED) is 0.919. The lowest BCUT2D eigenvalue weighted by Crippen LogP contribution is -2.33. The minimum Gasteiger partial charge on any atom is -0.481 e. The second kappa shape index (κ2) is 6.74. The zero-order valence-electron chi connectivity index (χ0n) is 13.1. The molecule has 1 amide bonds. The fourth-order valence-electron chi connectivity index (χ4n) is 3.04. The maximum absolute atomic E-state index is 12.7. The summed E-state index contributed by atoms with van der Waals surface area (Å²) >= 11 is 1.29. The summed E-state index contributed by atoms with van der Waals surface area (Å²) in [5, 5.41) is 9.10. The highest BCUT2D eigenvalue weighted by molar-refractivity contribution is 8.16. The molecule has 1 saturated heterocycles. The average Bonchev–Trinajstić information content (AvgIpc) is 3.08. The summed E-state index contributed by atoms with van der Waals surface area (Å²) in [6, 6.07) is 7.94. The summed E-state index contributed by atoms with van der Waals surface area (Å²) in [6.45, 7) is 1.97. The first-order chi connectivity index (χ1) is 11.0. The Morgan fingerprint density at radius 1 is 1.39 bits per heavy atom. The number of benzene rings is 1. The first-order valence-corrected chi connectivity index (χ1v) is 8.79. The average molecular weight is 332 g/mol. The summed E-state index contributed by atoms with van der Waals surface area (Å²) in [5.41, 5.74) is 1.83. The van der Waals surface area contributed by atoms with Crippen molar-refractivity contribution in [2.45, 2.75) is 50.3 Å². The van der Waals surface area contributed by atoms with Crippen LogP contribution in [0.25, 0.3) is 0 Å². The topological polar surface area (TPSA) is 70.0 Å². The summed E-state index contributed by atoms with van der Waals surface area (Å²) < 4.78 is 0. The Bertz CT molecular complexity index is 653. The van der Waals surface area contributed by atoms with Crippen molar-refractivity contribution in [1.82, 2.24) is 0 Å². The number of aryl methyl sites for hydroxylation is 1. The number of anilines is 1. The highest BCUT2D eigenvalue weighted by Gasteiger charge is 2.40. The number of rotatable bonds is 4. The third-order valence-corrected chi connectivity index (χ3v) is 5.32. The maximum atomic E-state index is 12.7. The van der Waals surface area contributed by atoms with Crippen molar-refractivity contribution in [1.29, 1.82) is 0 Å². The van der Waals surface area contributed by atoms with Crippen LogP contribution in [0, 0.1) is 6.92 Å². The molecular formula is C17H20N2O3S. The van der Waals surface area contributed by atoms with Crippen LogP contribution in [0.3, 0.4) is 0 Å². The fourth-order valence-corrected chi connectivity index (χ4v) is 4.24. The van der Waals surface area contributed by atoms with E-state index in [-0.39, 0.29) is 18.4 Å². The van der Waals surface area contributed by atoms with E-state index in [1.54, 1.807) is 4.90 Å². The number of carbonyl (C=O) groups is 2. The molecule has 1 aliphatic heterocycles. The molecule has 1 saturated carbocycles. The van der Waals surface area contributed by atoms with E-state index in [0.717, 1.165) is 24.1 Å². The van der Waals surface area contributed by atoms with Crippen LogP contribution < -0.4 is 4.90 Å². The Morgan fingerprint density at radius 2 is 2.13 bits per heavy atom. The summed E-state index contributed by atoms with van der Waals surface area (Å²) in [4.78, 5) is 30.1. The number of amidine groups is 1. The van der Waals surface area contributed by atoms with Gasteiger partial charge < -0.3 is 5.11 Å².